The Kier molecular flexibility index (Phi) is 4.98. The minimum Gasteiger partial charge on any atom is -0.460 e. The summed E-state index contributed by atoms with van der Waals surface area (Å²) in [5, 5.41) is 0.697. The van der Waals surface area contributed by atoms with Crippen molar-refractivity contribution in [1.29, 1.82) is 0 Å². The van der Waals surface area contributed by atoms with Crippen LogP contribution >= 0.6 is 11.6 Å². The van der Waals surface area contributed by atoms with Gasteiger partial charge >= 0.3 is 0 Å². The molecular formula is C21H24ClN3O2. The molecule has 0 atom stereocenters. The number of nitrogens with zero attached hydrogens (tertiary/aromatic N) is 3. The fraction of sp³-hybridized carbons (Fsp3) is 0.381. The molecule has 0 unspecified atom stereocenters. The highest BCUT2D eigenvalue weighted by atomic mass is 35.5. The lowest BCUT2D eigenvalue weighted by molar-refractivity contribution is 0.0633. The predicted molar refractivity (Wildman–Crippen MR) is 108 cm³/mol. The summed E-state index contributed by atoms with van der Waals surface area (Å²) in [5.41, 5.74) is 3.44. The number of rotatable bonds is 4. The van der Waals surface area contributed by atoms with Crippen LogP contribution in [0.4, 0.5) is 0 Å². The topological polar surface area (TPSA) is 41.6 Å². The molecule has 0 spiro atoms. The molecule has 0 saturated carbocycles. The summed E-state index contributed by atoms with van der Waals surface area (Å²) in [6.07, 6.45) is 0. The lowest BCUT2D eigenvalue weighted by atomic mass is 10.2. The molecule has 6 heteroatoms. The van der Waals surface area contributed by atoms with Crippen LogP contribution in [0.25, 0.3) is 11.1 Å². The molecule has 1 aliphatic rings. The molecule has 0 N–H and O–H groups in total. The Hall–Kier alpha value is -2.24. The van der Waals surface area contributed by atoms with Gasteiger partial charge in [0, 0.05) is 49.9 Å². The van der Waals surface area contributed by atoms with E-state index < -0.39 is 0 Å². The van der Waals surface area contributed by atoms with E-state index in [9.17, 15) is 4.79 Å². The van der Waals surface area contributed by atoms with Gasteiger partial charge in [0.2, 0.25) is 0 Å². The summed E-state index contributed by atoms with van der Waals surface area (Å²) in [6, 6.07) is 11.6. The number of amides is 1. The molecular weight excluding hydrogens is 362 g/mol. The standard InChI is InChI=1S/C21H24ClN3O2/c1-3-23-7-9-24(10-8-23)21(26)19-13-20-18(11-15(2)27-20)25(19)14-16-5-4-6-17(22)12-16/h4-6,11-13H,3,7-10,14H2,1-2H3. The number of furan rings is 1. The molecule has 1 aromatic carbocycles. The first-order valence-electron chi connectivity index (χ1n) is 9.41. The van der Waals surface area contributed by atoms with E-state index in [1.165, 1.54) is 0 Å². The van der Waals surface area contributed by atoms with E-state index in [-0.39, 0.29) is 5.91 Å². The smallest absolute Gasteiger partial charge is 0.270 e. The van der Waals surface area contributed by atoms with Crippen LogP contribution in [-0.4, -0.2) is 53.0 Å². The van der Waals surface area contributed by atoms with Crippen molar-refractivity contribution in [2.24, 2.45) is 0 Å². The molecule has 2 aromatic heterocycles. The van der Waals surface area contributed by atoms with Gasteiger partial charge in [-0.2, -0.15) is 0 Å². The molecule has 3 heterocycles. The second-order valence-electron chi connectivity index (χ2n) is 7.08. The molecule has 142 valence electrons. The maximum Gasteiger partial charge on any atom is 0.270 e. The fourth-order valence-corrected chi connectivity index (χ4v) is 3.97. The lowest BCUT2D eigenvalue weighted by Gasteiger charge is -2.34. The van der Waals surface area contributed by atoms with Gasteiger partial charge in [-0.05, 0) is 31.2 Å². The Balaban J connectivity index is 1.67. The number of piperazine rings is 1. The third-order valence-electron chi connectivity index (χ3n) is 5.27. The molecule has 0 bridgehead atoms. The van der Waals surface area contributed by atoms with Gasteiger partial charge in [-0.15, -0.1) is 0 Å². The summed E-state index contributed by atoms with van der Waals surface area (Å²) in [6.45, 7) is 9.06. The second-order valence-corrected chi connectivity index (χ2v) is 7.52. The number of carbonyl (C=O) groups excluding carboxylic acids is 1. The Morgan fingerprint density at radius 2 is 1.93 bits per heavy atom. The first-order valence-corrected chi connectivity index (χ1v) is 9.78. The largest absolute Gasteiger partial charge is 0.460 e. The molecule has 3 aromatic rings. The van der Waals surface area contributed by atoms with Gasteiger partial charge in [0.05, 0.1) is 5.52 Å². The van der Waals surface area contributed by atoms with Crippen LogP contribution in [0.5, 0.6) is 0 Å². The van der Waals surface area contributed by atoms with Crippen molar-refractivity contribution in [2.45, 2.75) is 20.4 Å². The number of aromatic nitrogens is 1. The minimum absolute atomic E-state index is 0.0665. The Morgan fingerprint density at radius 1 is 1.15 bits per heavy atom. The van der Waals surface area contributed by atoms with Gasteiger partial charge in [-0.25, -0.2) is 0 Å². The molecule has 5 nitrogen and oxygen atoms in total. The Morgan fingerprint density at radius 3 is 2.63 bits per heavy atom. The minimum atomic E-state index is 0.0665. The lowest BCUT2D eigenvalue weighted by Crippen LogP contribution is -2.48. The Bertz CT molecular complexity index is 967. The van der Waals surface area contributed by atoms with E-state index in [0.717, 1.165) is 55.1 Å². The number of carbonyl (C=O) groups is 1. The van der Waals surface area contributed by atoms with Gasteiger partial charge in [0.25, 0.3) is 5.91 Å². The first-order chi connectivity index (χ1) is 13.0. The average molecular weight is 386 g/mol. The van der Waals surface area contributed by atoms with Crippen molar-refractivity contribution in [1.82, 2.24) is 14.4 Å². The second kappa shape index (κ2) is 7.41. The van der Waals surface area contributed by atoms with Crippen molar-refractivity contribution in [2.75, 3.05) is 32.7 Å². The van der Waals surface area contributed by atoms with E-state index >= 15 is 0 Å². The highest BCUT2D eigenvalue weighted by Crippen LogP contribution is 2.26. The summed E-state index contributed by atoms with van der Waals surface area (Å²) < 4.78 is 7.84. The molecule has 1 saturated heterocycles. The van der Waals surface area contributed by atoms with Crippen molar-refractivity contribution in [3.05, 3.63) is 58.4 Å². The van der Waals surface area contributed by atoms with E-state index in [2.05, 4.69) is 11.8 Å². The molecule has 4 rings (SSSR count). The fourth-order valence-electron chi connectivity index (χ4n) is 3.76. The highest BCUT2D eigenvalue weighted by molar-refractivity contribution is 6.30. The Labute approximate surface area is 164 Å². The normalized spacial score (nSPS) is 15.6. The van der Waals surface area contributed by atoms with Crippen LogP contribution in [0.2, 0.25) is 5.02 Å². The van der Waals surface area contributed by atoms with Gasteiger partial charge in [-0.1, -0.05) is 30.7 Å². The molecule has 0 radical (unpaired) electrons. The van der Waals surface area contributed by atoms with E-state index in [1.54, 1.807) is 0 Å². The quantitative estimate of drug-likeness (QED) is 0.681. The van der Waals surface area contributed by atoms with Crippen molar-refractivity contribution in [3.8, 4) is 0 Å². The zero-order valence-electron chi connectivity index (χ0n) is 15.7. The number of fused-ring (bicyclic) bond motifs is 1. The molecule has 1 aliphatic heterocycles. The van der Waals surface area contributed by atoms with Crippen molar-refractivity contribution >= 4 is 28.6 Å². The number of hydrogen-bond acceptors (Lipinski definition) is 3. The maximum atomic E-state index is 13.2. The monoisotopic (exact) mass is 385 g/mol. The van der Waals surface area contributed by atoms with Crippen LogP contribution in [-0.2, 0) is 6.54 Å². The number of aryl methyl sites for hydroxylation is 1. The summed E-state index contributed by atoms with van der Waals surface area (Å²) in [7, 11) is 0. The third-order valence-corrected chi connectivity index (χ3v) is 5.50. The summed E-state index contributed by atoms with van der Waals surface area (Å²) >= 11 is 6.15. The zero-order valence-corrected chi connectivity index (χ0v) is 16.5. The third kappa shape index (κ3) is 3.62. The van der Waals surface area contributed by atoms with Gasteiger partial charge in [-0.3, -0.25) is 4.79 Å². The number of benzene rings is 1. The van der Waals surface area contributed by atoms with Gasteiger partial charge in [0.15, 0.2) is 5.58 Å². The van der Waals surface area contributed by atoms with Crippen LogP contribution in [0.3, 0.4) is 0 Å². The van der Waals surface area contributed by atoms with E-state index in [1.807, 2.05) is 52.8 Å². The van der Waals surface area contributed by atoms with Crippen LogP contribution in [0.1, 0.15) is 28.7 Å². The number of halogens is 1. The SMILES string of the molecule is CCN1CCN(C(=O)c2cc3oc(C)cc3n2Cc2cccc(Cl)c2)CC1. The van der Waals surface area contributed by atoms with Gasteiger partial charge < -0.3 is 18.8 Å². The molecule has 1 amide bonds. The van der Waals surface area contributed by atoms with E-state index in [4.69, 9.17) is 16.0 Å². The average Bonchev–Trinajstić information content (AvgIpc) is 3.18. The zero-order chi connectivity index (χ0) is 19.0. The number of likely N-dealkylation sites (N-methyl/N-ethyl adjacent to an activating group) is 1. The predicted octanol–water partition coefficient (Wildman–Crippen LogP) is 4.02. The molecule has 27 heavy (non-hydrogen) atoms. The highest BCUT2D eigenvalue weighted by Gasteiger charge is 2.26. The summed E-state index contributed by atoms with van der Waals surface area (Å²) in [4.78, 5) is 17.6. The number of hydrogen-bond donors (Lipinski definition) is 0. The van der Waals surface area contributed by atoms with Crippen LogP contribution < -0.4 is 0 Å². The maximum absolute atomic E-state index is 13.2. The molecule has 0 aliphatic carbocycles. The first kappa shape index (κ1) is 18.1. The molecule has 1 fully saturated rings. The van der Waals surface area contributed by atoms with Gasteiger partial charge in [0.1, 0.15) is 11.5 Å². The van der Waals surface area contributed by atoms with Crippen molar-refractivity contribution < 1.29 is 9.21 Å². The van der Waals surface area contributed by atoms with Crippen molar-refractivity contribution in [3.63, 3.8) is 0 Å². The van der Waals surface area contributed by atoms with E-state index in [0.29, 0.717) is 17.3 Å². The van der Waals surface area contributed by atoms with Crippen LogP contribution in [0, 0.1) is 6.92 Å². The summed E-state index contributed by atoms with van der Waals surface area (Å²) in [5.74, 6) is 0.909. The van der Waals surface area contributed by atoms with Crippen LogP contribution in [0.15, 0.2) is 40.8 Å².